The van der Waals surface area contributed by atoms with Crippen LogP contribution >= 0.6 is 11.3 Å². The molecule has 1 rings (SSSR count). The average Bonchev–Trinajstić information content (AvgIpc) is 2.66. The first-order valence-corrected chi connectivity index (χ1v) is 6.80. The normalized spacial score (nSPS) is 13.3. The number of hydrogen-bond acceptors (Lipinski definition) is 4. The van der Waals surface area contributed by atoms with Crippen molar-refractivity contribution in [2.45, 2.75) is 46.3 Å². The van der Waals surface area contributed by atoms with Crippen LogP contribution in [-0.4, -0.2) is 24.2 Å². The third kappa shape index (κ3) is 4.60. The summed E-state index contributed by atoms with van der Waals surface area (Å²) in [6, 6.07) is 0.542. The van der Waals surface area contributed by atoms with Gasteiger partial charge >= 0.3 is 0 Å². The van der Waals surface area contributed by atoms with Crippen molar-refractivity contribution in [3.63, 3.8) is 0 Å². The molecule has 3 nitrogen and oxygen atoms in total. The number of thiazole rings is 1. The van der Waals surface area contributed by atoms with E-state index in [1.165, 1.54) is 5.69 Å². The van der Waals surface area contributed by atoms with E-state index in [1.807, 2.05) is 6.92 Å². The van der Waals surface area contributed by atoms with E-state index in [9.17, 15) is 0 Å². The van der Waals surface area contributed by atoms with Crippen LogP contribution in [0.5, 0.6) is 0 Å². The van der Waals surface area contributed by atoms with Crippen LogP contribution < -0.4 is 5.32 Å². The fourth-order valence-electron chi connectivity index (χ4n) is 1.43. The fraction of sp³-hybridized carbons (Fsp3) is 0.750. The molecule has 0 radical (unpaired) electrons. The molecular formula is C12H22N2OS. The topological polar surface area (TPSA) is 34.1 Å². The Morgan fingerprint density at radius 2 is 2.19 bits per heavy atom. The molecule has 1 unspecified atom stereocenters. The van der Waals surface area contributed by atoms with Gasteiger partial charge < -0.3 is 10.1 Å². The molecule has 92 valence electrons. The maximum Gasteiger partial charge on any atom is 0.121 e. The quantitative estimate of drug-likeness (QED) is 0.798. The van der Waals surface area contributed by atoms with E-state index in [1.54, 1.807) is 11.3 Å². The monoisotopic (exact) mass is 242 g/mol. The van der Waals surface area contributed by atoms with Crippen LogP contribution in [0.4, 0.5) is 0 Å². The first-order valence-electron chi connectivity index (χ1n) is 5.92. The summed E-state index contributed by atoms with van der Waals surface area (Å²) in [4.78, 5) is 4.58. The minimum absolute atomic E-state index is 0.127. The van der Waals surface area contributed by atoms with E-state index in [0.29, 0.717) is 6.04 Å². The molecule has 4 heteroatoms. The Morgan fingerprint density at radius 1 is 1.44 bits per heavy atom. The Hall–Kier alpha value is -0.450. The molecule has 0 fully saturated rings. The lowest BCUT2D eigenvalue weighted by molar-refractivity contribution is 0.0761. The van der Waals surface area contributed by atoms with Crippen LogP contribution in [0.1, 0.15) is 44.5 Å². The largest absolute Gasteiger partial charge is 0.372 e. The van der Waals surface area contributed by atoms with Crippen LogP contribution in [0.2, 0.25) is 0 Å². The average molecular weight is 242 g/mol. The predicted octanol–water partition coefficient (Wildman–Crippen LogP) is 2.78. The van der Waals surface area contributed by atoms with E-state index in [-0.39, 0.29) is 6.10 Å². The number of rotatable bonds is 7. The van der Waals surface area contributed by atoms with Gasteiger partial charge in [0, 0.05) is 31.0 Å². The highest BCUT2D eigenvalue weighted by Gasteiger charge is 2.09. The number of aromatic nitrogens is 1. The summed E-state index contributed by atoms with van der Waals surface area (Å²) in [7, 11) is 0. The molecule has 16 heavy (non-hydrogen) atoms. The smallest absolute Gasteiger partial charge is 0.121 e. The van der Waals surface area contributed by atoms with E-state index in [4.69, 9.17) is 4.74 Å². The van der Waals surface area contributed by atoms with E-state index < -0.39 is 0 Å². The van der Waals surface area contributed by atoms with Gasteiger partial charge in [0.2, 0.25) is 0 Å². The molecule has 0 aliphatic heterocycles. The van der Waals surface area contributed by atoms with Crippen molar-refractivity contribution in [3.8, 4) is 0 Å². The van der Waals surface area contributed by atoms with E-state index >= 15 is 0 Å². The van der Waals surface area contributed by atoms with Gasteiger partial charge in [-0.2, -0.15) is 0 Å². The van der Waals surface area contributed by atoms with Crippen LogP contribution in [-0.2, 0) is 11.2 Å². The van der Waals surface area contributed by atoms with Crippen LogP contribution in [0.15, 0.2) is 5.38 Å². The SMILES string of the molecule is CCOC(C)c1nc(CCNC(C)C)cs1. The summed E-state index contributed by atoms with van der Waals surface area (Å²) < 4.78 is 5.52. The van der Waals surface area contributed by atoms with Crippen molar-refractivity contribution in [2.24, 2.45) is 0 Å². The number of nitrogens with one attached hydrogen (secondary N) is 1. The summed E-state index contributed by atoms with van der Waals surface area (Å²) in [6.07, 6.45) is 1.12. The molecule has 1 N–H and O–H groups in total. The van der Waals surface area contributed by atoms with Crippen LogP contribution in [0.3, 0.4) is 0 Å². The Balaban J connectivity index is 2.39. The summed E-state index contributed by atoms with van der Waals surface area (Å²) in [6.45, 7) is 10.1. The summed E-state index contributed by atoms with van der Waals surface area (Å²) in [5, 5.41) is 6.61. The zero-order valence-electron chi connectivity index (χ0n) is 10.6. The molecule has 1 heterocycles. The van der Waals surface area contributed by atoms with Gasteiger partial charge in [0.25, 0.3) is 0 Å². The predicted molar refractivity (Wildman–Crippen MR) is 69.0 cm³/mol. The Kier molecular flexibility index (Phi) is 5.95. The van der Waals surface area contributed by atoms with Gasteiger partial charge in [-0.05, 0) is 13.8 Å². The highest BCUT2D eigenvalue weighted by Crippen LogP contribution is 2.21. The van der Waals surface area contributed by atoms with Gasteiger partial charge in [-0.1, -0.05) is 13.8 Å². The minimum Gasteiger partial charge on any atom is -0.372 e. The molecule has 1 atom stereocenters. The molecule has 0 amide bonds. The summed E-state index contributed by atoms with van der Waals surface area (Å²) in [5.41, 5.74) is 1.17. The summed E-state index contributed by atoms with van der Waals surface area (Å²) in [5.74, 6) is 0. The van der Waals surface area contributed by atoms with Crippen LogP contribution in [0, 0.1) is 0 Å². The number of ether oxygens (including phenoxy) is 1. The maximum absolute atomic E-state index is 5.52. The van der Waals surface area contributed by atoms with Gasteiger partial charge in [-0.15, -0.1) is 11.3 Å². The zero-order chi connectivity index (χ0) is 12.0. The van der Waals surface area contributed by atoms with Gasteiger partial charge in [0.15, 0.2) is 0 Å². The molecule has 0 aliphatic rings. The van der Waals surface area contributed by atoms with Gasteiger partial charge in [-0.3, -0.25) is 0 Å². The van der Waals surface area contributed by atoms with Crippen molar-refractivity contribution in [3.05, 3.63) is 16.1 Å². The van der Waals surface area contributed by atoms with Crippen molar-refractivity contribution < 1.29 is 4.74 Å². The molecule has 1 aromatic heterocycles. The third-order valence-corrected chi connectivity index (χ3v) is 3.32. The Labute approximate surface area is 102 Å². The van der Waals surface area contributed by atoms with Crippen molar-refractivity contribution in [1.29, 1.82) is 0 Å². The highest BCUT2D eigenvalue weighted by molar-refractivity contribution is 7.09. The molecule has 1 aromatic rings. The lowest BCUT2D eigenvalue weighted by Gasteiger charge is -2.07. The minimum atomic E-state index is 0.127. The molecule has 0 saturated carbocycles. The molecule has 0 aliphatic carbocycles. The first kappa shape index (κ1) is 13.6. The molecule has 0 spiro atoms. The second kappa shape index (κ2) is 6.99. The molecular weight excluding hydrogens is 220 g/mol. The fourth-order valence-corrected chi connectivity index (χ4v) is 2.29. The zero-order valence-corrected chi connectivity index (χ0v) is 11.4. The van der Waals surface area contributed by atoms with E-state index in [0.717, 1.165) is 24.6 Å². The van der Waals surface area contributed by atoms with E-state index in [2.05, 4.69) is 36.5 Å². The van der Waals surface area contributed by atoms with Crippen molar-refractivity contribution in [2.75, 3.05) is 13.2 Å². The maximum atomic E-state index is 5.52. The molecule has 0 aromatic carbocycles. The number of hydrogen-bond donors (Lipinski definition) is 1. The second-order valence-electron chi connectivity index (χ2n) is 4.13. The summed E-state index contributed by atoms with van der Waals surface area (Å²) >= 11 is 1.69. The highest BCUT2D eigenvalue weighted by atomic mass is 32.1. The lowest BCUT2D eigenvalue weighted by atomic mass is 10.3. The van der Waals surface area contributed by atoms with Gasteiger partial charge in [0.1, 0.15) is 11.1 Å². The standard InChI is InChI=1S/C12H22N2OS/c1-5-15-10(4)12-14-11(8-16-12)6-7-13-9(2)3/h8-10,13H,5-7H2,1-4H3. The Morgan fingerprint density at radius 3 is 2.81 bits per heavy atom. The molecule has 0 bridgehead atoms. The van der Waals surface area contributed by atoms with Crippen LogP contribution in [0.25, 0.3) is 0 Å². The molecule has 0 saturated heterocycles. The number of nitrogens with zero attached hydrogens (tertiary/aromatic N) is 1. The van der Waals surface area contributed by atoms with Crippen molar-refractivity contribution in [1.82, 2.24) is 10.3 Å². The van der Waals surface area contributed by atoms with Gasteiger partial charge in [-0.25, -0.2) is 4.98 Å². The lowest BCUT2D eigenvalue weighted by Crippen LogP contribution is -2.25. The first-order chi connectivity index (χ1) is 7.63. The second-order valence-corrected chi connectivity index (χ2v) is 5.02. The van der Waals surface area contributed by atoms with Gasteiger partial charge in [0.05, 0.1) is 5.69 Å². The van der Waals surface area contributed by atoms with Crippen molar-refractivity contribution >= 4 is 11.3 Å². The Bertz CT molecular complexity index is 299. The third-order valence-electron chi connectivity index (χ3n) is 2.27.